The van der Waals surface area contributed by atoms with Gasteiger partial charge in [-0.05, 0) is 37.5 Å². The standard InChI is InChI=1S/C17H19BrClN5O2/c1-26-17-22-14(21-16(23-17)24-7-3-2-4-8-24)10-20-15(25)12-9-11(18)5-6-13(12)19/h5-6,9H,2-4,7-8,10H2,1H3,(H,20,25). The Morgan fingerprint density at radius 2 is 2.04 bits per heavy atom. The van der Waals surface area contributed by atoms with Gasteiger partial charge in [-0.25, -0.2) is 0 Å². The van der Waals surface area contributed by atoms with Gasteiger partial charge in [0.15, 0.2) is 5.82 Å². The van der Waals surface area contributed by atoms with E-state index in [4.69, 9.17) is 16.3 Å². The molecule has 138 valence electrons. The lowest BCUT2D eigenvalue weighted by molar-refractivity contribution is 0.0949. The van der Waals surface area contributed by atoms with Crippen LogP contribution in [0, 0.1) is 0 Å². The maximum Gasteiger partial charge on any atom is 0.321 e. The molecule has 2 aromatic rings. The van der Waals surface area contributed by atoms with E-state index in [1.807, 2.05) is 0 Å². The summed E-state index contributed by atoms with van der Waals surface area (Å²) >= 11 is 9.44. The lowest BCUT2D eigenvalue weighted by atomic mass is 10.1. The van der Waals surface area contributed by atoms with E-state index in [0.29, 0.717) is 22.4 Å². The van der Waals surface area contributed by atoms with Gasteiger partial charge in [0.1, 0.15) is 0 Å². The highest BCUT2D eigenvalue weighted by molar-refractivity contribution is 9.10. The molecule has 1 fully saturated rings. The van der Waals surface area contributed by atoms with E-state index in [9.17, 15) is 4.79 Å². The number of anilines is 1. The number of nitrogens with one attached hydrogen (secondary N) is 1. The third-order valence-electron chi connectivity index (χ3n) is 4.05. The second kappa shape index (κ2) is 8.64. The third-order valence-corrected chi connectivity index (χ3v) is 4.87. The minimum absolute atomic E-state index is 0.154. The summed E-state index contributed by atoms with van der Waals surface area (Å²) in [5.74, 6) is 0.730. The van der Waals surface area contributed by atoms with Crippen LogP contribution in [-0.2, 0) is 6.54 Å². The summed E-state index contributed by atoms with van der Waals surface area (Å²) in [6, 6.07) is 5.36. The van der Waals surface area contributed by atoms with E-state index in [-0.39, 0.29) is 18.5 Å². The molecule has 2 heterocycles. The Bertz CT molecular complexity index is 799. The number of piperidine rings is 1. The lowest BCUT2D eigenvalue weighted by Gasteiger charge is -2.26. The number of carbonyl (C=O) groups excluding carboxylic acids is 1. The highest BCUT2D eigenvalue weighted by atomic mass is 79.9. The van der Waals surface area contributed by atoms with Crippen LogP contribution < -0.4 is 15.0 Å². The summed E-state index contributed by atoms with van der Waals surface area (Å²) < 4.78 is 5.96. The Kier molecular flexibility index (Phi) is 6.26. The number of hydrogen-bond acceptors (Lipinski definition) is 6. The van der Waals surface area contributed by atoms with Gasteiger partial charge < -0.3 is 15.0 Å². The van der Waals surface area contributed by atoms with Crippen LogP contribution in [0.3, 0.4) is 0 Å². The maximum atomic E-state index is 12.4. The van der Waals surface area contributed by atoms with E-state index in [1.165, 1.54) is 13.5 Å². The van der Waals surface area contributed by atoms with Crippen LogP contribution >= 0.6 is 27.5 Å². The van der Waals surface area contributed by atoms with Gasteiger partial charge in [0.05, 0.1) is 24.2 Å². The van der Waals surface area contributed by atoms with Crippen LogP contribution in [-0.4, -0.2) is 41.1 Å². The average Bonchev–Trinajstić information content (AvgIpc) is 2.68. The Hall–Kier alpha value is -1.93. The van der Waals surface area contributed by atoms with Crippen molar-refractivity contribution in [3.05, 3.63) is 39.1 Å². The quantitative estimate of drug-likeness (QED) is 0.769. The minimum atomic E-state index is -0.296. The number of benzene rings is 1. The van der Waals surface area contributed by atoms with Crippen molar-refractivity contribution in [1.29, 1.82) is 0 Å². The number of amides is 1. The predicted molar refractivity (Wildman–Crippen MR) is 103 cm³/mol. The molecule has 1 aromatic heterocycles. The second-order valence-corrected chi connectivity index (χ2v) is 7.22. The number of halogens is 2. The number of aromatic nitrogens is 3. The molecule has 0 spiro atoms. The molecular formula is C17H19BrClN5O2. The predicted octanol–water partition coefficient (Wildman–Crippen LogP) is 3.22. The van der Waals surface area contributed by atoms with E-state index >= 15 is 0 Å². The molecule has 1 amide bonds. The van der Waals surface area contributed by atoms with Crippen molar-refractivity contribution in [3.63, 3.8) is 0 Å². The number of carbonyl (C=O) groups is 1. The molecule has 9 heteroatoms. The normalized spacial score (nSPS) is 14.2. The molecule has 1 N–H and O–H groups in total. The first-order valence-electron chi connectivity index (χ1n) is 8.34. The molecule has 1 aliphatic rings. The Morgan fingerprint density at radius 3 is 2.77 bits per heavy atom. The summed E-state index contributed by atoms with van der Waals surface area (Å²) in [6.07, 6.45) is 3.44. The van der Waals surface area contributed by atoms with Gasteiger partial charge in [0.2, 0.25) is 5.95 Å². The van der Waals surface area contributed by atoms with Crippen LogP contribution in [0.1, 0.15) is 35.4 Å². The number of rotatable bonds is 5. The number of hydrogen-bond donors (Lipinski definition) is 1. The lowest BCUT2D eigenvalue weighted by Crippen LogP contribution is -2.32. The van der Waals surface area contributed by atoms with Gasteiger partial charge in [-0.1, -0.05) is 27.5 Å². The molecule has 0 aliphatic carbocycles. The van der Waals surface area contributed by atoms with Crippen molar-refractivity contribution in [2.45, 2.75) is 25.8 Å². The fraction of sp³-hybridized carbons (Fsp3) is 0.412. The van der Waals surface area contributed by atoms with Crippen molar-refractivity contribution >= 4 is 39.4 Å². The van der Waals surface area contributed by atoms with E-state index in [1.54, 1.807) is 18.2 Å². The SMILES string of the molecule is COc1nc(CNC(=O)c2cc(Br)ccc2Cl)nc(N2CCCCC2)n1. The van der Waals surface area contributed by atoms with Gasteiger partial charge in [0.25, 0.3) is 5.91 Å². The van der Waals surface area contributed by atoms with Gasteiger partial charge >= 0.3 is 6.01 Å². The minimum Gasteiger partial charge on any atom is -0.467 e. The van der Waals surface area contributed by atoms with Crippen LogP contribution in [0.25, 0.3) is 0 Å². The molecule has 1 aliphatic heterocycles. The number of nitrogens with zero attached hydrogens (tertiary/aromatic N) is 4. The number of ether oxygens (including phenoxy) is 1. The van der Waals surface area contributed by atoms with Gasteiger partial charge in [0, 0.05) is 17.6 Å². The first kappa shape index (κ1) is 18.8. The zero-order chi connectivity index (χ0) is 18.5. The molecule has 1 aromatic carbocycles. The van der Waals surface area contributed by atoms with Gasteiger partial charge in [-0.3, -0.25) is 4.79 Å². The first-order chi connectivity index (χ1) is 12.6. The Balaban J connectivity index is 1.74. The molecule has 0 radical (unpaired) electrons. The van der Waals surface area contributed by atoms with Crippen LogP contribution in [0.5, 0.6) is 6.01 Å². The fourth-order valence-electron chi connectivity index (χ4n) is 2.72. The monoisotopic (exact) mass is 439 g/mol. The van der Waals surface area contributed by atoms with Gasteiger partial charge in [-0.2, -0.15) is 15.0 Å². The van der Waals surface area contributed by atoms with Crippen molar-refractivity contribution in [2.24, 2.45) is 0 Å². The number of methoxy groups -OCH3 is 1. The topological polar surface area (TPSA) is 80.2 Å². The molecule has 0 atom stereocenters. The summed E-state index contributed by atoms with van der Waals surface area (Å²) in [5, 5.41) is 3.18. The molecule has 7 nitrogen and oxygen atoms in total. The summed E-state index contributed by atoms with van der Waals surface area (Å²) in [4.78, 5) is 27.5. The smallest absolute Gasteiger partial charge is 0.321 e. The van der Waals surface area contributed by atoms with Crippen molar-refractivity contribution < 1.29 is 9.53 Å². The summed E-state index contributed by atoms with van der Waals surface area (Å²) in [6.45, 7) is 1.97. The Labute approximate surface area is 165 Å². The summed E-state index contributed by atoms with van der Waals surface area (Å²) in [7, 11) is 1.51. The van der Waals surface area contributed by atoms with Crippen molar-refractivity contribution in [1.82, 2.24) is 20.3 Å². The second-order valence-electron chi connectivity index (χ2n) is 5.89. The zero-order valence-electron chi connectivity index (χ0n) is 14.3. The van der Waals surface area contributed by atoms with E-state index in [2.05, 4.69) is 41.1 Å². The molecule has 26 heavy (non-hydrogen) atoms. The fourth-order valence-corrected chi connectivity index (χ4v) is 3.28. The van der Waals surface area contributed by atoms with E-state index < -0.39 is 0 Å². The molecule has 1 saturated heterocycles. The molecule has 0 bridgehead atoms. The zero-order valence-corrected chi connectivity index (χ0v) is 16.7. The Morgan fingerprint density at radius 1 is 1.27 bits per heavy atom. The third kappa shape index (κ3) is 4.62. The highest BCUT2D eigenvalue weighted by Crippen LogP contribution is 2.21. The largest absolute Gasteiger partial charge is 0.467 e. The van der Waals surface area contributed by atoms with Crippen molar-refractivity contribution in [3.8, 4) is 6.01 Å². The van der Waals surface area contributed by atoms with Crippen LogP contribution in [0.2, 0.25) is 5.02 Å². The van der Waals surface area contributed by atoms with Crippen LogP contribution in [0.4, 0.5) is 5.95 Å². The maximum absolute atomic E-state index is 12.4. The van der Waals surface area contributed by atoms with Crippen LogP contribution in [0.15, 0.2) is 22.7 Å². The molecule has 0 saturated carbocycles. The average molecular weight is 441 g/mol. The molecule has 0 unspecified atom stereocenters. The van der Waals surface area contributed by atoms with Crippen molar-refractivity contribution in [2.75, 3.05) is 25.1 Å². The van der Waals surface area contributed by atoms with E-state index in [0.717, 1.165) is 30.4 Å². The molecular weight excluding hydrogens is 422 g/mol. The van der Waals surface area contributed by atoms with Gasteiger partial charge in [-0.15, -0.1) is 0 Å². The highest BCUT2D eigenvalue weighted by Gasteiger charge is 2.17. The summed E-state index contributed by atoms with van der Waals surface area (Å²) in [5.41, 5.74) is 0.387. The first-order valence-corrected chi connectivity index (χ1v) is 9.51. The molecule has 3 rings (SSSR count).